The molecular weight excluding hydrogens is 386 g/mol. The van der Waals surface area contributed by atoms with Gasteiger partial charge < -0.3 is 15.8 Å². The van der Waals surface area contributed by atoms with Crippen molar-refractivity contribution in [1.82, 2.24) is 10.2 Å². The number of nitrogens with zero attached hydrogens (tertiary/aromatic N) is 1. The Morgan fingerprint density at radius 2 is 1.90 bits per heavy atom. The van der Waals surface area contributed by atoms with Gasteiger partial charge in [0.2, 0.25) is 23.6 Å². The Balaban J connectivity index is 2.29. The van der Waals surface area contributed by atoms with Gasteiger partial charge >= 0.3 is 0 Å². The number of ether oxygens (including phenoxy) is 1. The molecule has 2 rings (SSSR count). The van der Waals surface area contributed by atoms with Crippen molar-refractivity contribution in [2.24, 2.45) is 11.7 Å². The van der Waals surface area contributed by atoms with Gasteiger partial charge in [-0.2, -0.15) is 0 Å². The molecule has 0 unspecified atom stereocenters. The number of carbonyl (C=O) groups excluding carboxylic acids is 4. The van der Waals surface area contributed by atoms with Crippen LogP contribution in [0.1, 0.15) is 45.1 Å². The lowest BCUT2D eigenvalue weighted by Crippen LogP contribution is -2.48. The molecule has 1 heterocycles. The van der Waals surface area contributed by atoms with E-state index in [1.165, 1.54) is 4.90 Å². The van der Waals surface area contributed by atoms with E-state index in [1.807, 2.05) is 13.8 Å². The Bertz CT molecular complexity index is 780. The molecule has 0 bridgehead atoms. The quantitative estimate of drug-likeness (QED) is 0.413. The summed E-state index contributed by atoms with van der Waals surface area (Å²) in [6.07, 6.45) is 0.588. The Labute approximate surface area is 177 Å². The van der Waals surface area contributed by atoms with Gasteiger partial charge in [0.1, 0.15) is 6.04 Å². The van der Waals surface area contributed by atoms with Gasteiger partial charge in [0.25, 0.3) is 0 Å². The summed E-state index contributed by atoms with van der Waals surface area (Å²) in [5.74, 6) is -1.67. The zero-order valence-corrected chi connectivity index (χ0v) is 17.8. The van der Waals surface area contributed by atoms with Crippen LogP contribution < -0.4 is 11.1 Å². The highest BCUT2D eigenvalue weighted by Crippen LogP contribution is 2.40. The van der Waals surface area contributed by atoms with Crippen LogP contribution in [0.3, 0.4) is 0 Å². The first-order valence-electron chi connectivity index (χ1n) is 10.2. The van der Waals surface area contributed by atoms with Crippen molar-refractivity contribution in [2.45, 2.75) is 51.0 Å². The average molecular weight is 418 g/mol. The summed E-state index contributed by atoms with van der Waals surface area (Å²) in [7, 11) is 1.55. The van der Waals surface area contributed by atoms with Crippen molar-refractivity contribution in [1.29, 1.82) is 0 Å². The van der Waals surface area contributed by atoms with Crippen molar-refractivity contribution < 1.29 is 23.9 Å². The Morgan fingerprint density at radius 3 is 2.47 bits per heavy atom. The Morgan fingerprint density at radius 1 is 1.23 bits per heavy atom. The minimum atomic E-state index is -1.30. The Hall–Kier alpha value is -2.74. The number of likely N-dealkylation sites (tertiary alicyclic amines) is 1. The molecule has 4 amide bonds. The molecule has 0 radical (unpaired) electrons. The minimum absolute atomic E-state index is 0.0956. The molecule has 1 aliphatic rings. The number of amides is 4. The SMILES string of the molecule is COCCCN1C(=O)C[C@](CC(=O)N[C@@H](CC(C)C)C(N)=O)(c2ccccc2)C1=O. The predicted molar refractivity (Wildman–Crippen MR) is 111 cm³/mol. The zero-order valence-electron chi connectivity index (χ0n) is 17.8. The molecule has 1 aromatic carbocycles. The number of methoxy groups -OCH3 is 1. The van der Waals surface area contributed by atoms with E-state index >= 15 is 0 Å². The first-order valence-corrected chi connectivity index (χ1v) is 10.2. The normalized spacial score (nSPS) is 19.9. The second-order valence-electron chi connectivity index (χ2n) is 8.15. The number of imide groups is 1. The highest BCUT2D eigenvalue weighted by Gasteiger charge is 2.53. The number of nitrogens with one attached hydrogen (secondary N) is 1. The fourth-order valence-electron chi connectivity index (χ4n) is 3.85. The second kappa shape index (κ2) is 10.3. The van der Waals surface area contributed by atoms with Crippen LogP contribution in [0, 0.1) is 5.92 Å². The summed E-state index contributed by atoms with van der Waals surface area (Å²) >= 11 is 0. The summed E-state index contributed by atoms with van der Waals surface area (Å²) in [5.41, 5.74) is 4.74. The van der Waals surface area contributed by atoms with Gasteiger partial charge in [-0.3, -0.25) is 24.1 Å². The number of primary amides is 1. The number of nitrogens with two attached hydrogens (primary N) is 1. The van der Waals surface area contributed by atoms with Crippen molar-refractivity contribution in [2.75, 3.05) is 20.3 Å². The molecule has 1 aromatic rings. The van der Waals surface area contributed by atoms with Gasteiger partial charge in [0.05, 0.1) is 5.41 Å². The topological polar surface area (TPSA) is 119 Å². The van der Waals surface area contributed by atoms with Gasteiger partial charge in [-0.25, -0.2) is 0 Å². The van der Waals surface area contributed by atoms with E-state index in [-0.39, 0.29) is 31.2 Å². The van der Waals surface area contributed by atoms with Crippen LogP contribution in [-0.4, -0.2) is 54.8 Å². The third-order valence-electron chi connectivity index (χ3n) is 5.31. The molecule has 164 valence electrons. The van der Waals surface area contributed by atoms with Gasteiger partial charge in [-0.05, 0) is 24.3 Å². The van der Waals surface area contributed by atoms with E-state index in [4.69, 9.17) is 10.5 Å². The summed E-state index contributed by atoms with van der Waals surface area (Å²) in [4.78, 5) is 51.9. The average Bonchev–Trinajstić information content (AvgIpc) is 2.92. The van der Waals surface area contributed by atoms with Crippen molar-refractivity contribution in [3.05, 3.63) is 35.9 Å². The summed E-state index contributed by atoms with van der Waals surface area (Å²) < 4.78 is 5.01. The minimum Gasteiger partial charge on any atom is -0.385 e. The maximum absolute atomic E-state index is 13.4. The van der Waals surface area contributed by atoms with Crippen LogP contribution in [-0.2, 0) is 29.3 Å². The maximum Gasteiger partial charge on any atom is 0.240 e. The molecule has 0 saturated carbocycles. The van der Waals surface area contributed by atoms with Crippen LogP contribution in [0.5, 0.6) is 0 Å². The maximum atomic E-state index is 13.4. The van der Waals surface area contributed by atoms with E-state index in [0.29, 0.717) is 25.0 Å². The standard InChI is InChI=1S/C22H31N3O5/c1-15(2)12-17(20(23)28)24-18(26)13-22(16-8-5-4-6-9-16)14-19(27)25(21(22)29)10-7-11-30-3/h4-6,8-9,15,17H,7,10-14H2,1-3H3,(H2,23,28)(H,24,26)/t17-,22+/m0/s1. The first kappa shape index (κ1) is 23.5. The smallest absolute Gasteiger partial charge is 0.240 e. The monoisotopic (exact) mass is 417 g/mol. The van der Waals surface area contributed by atoms with Crippen LogP contribution >= 0.6 is 0 Å². The fourth-order valence-corrected chi connectivity index (χ4v) is 3.85. The van der Waals surface area contributed by atoms with Crippen LogP contribution in [0.2, 0.25) is 0 Å². The Kier molecular flexibility index (Phi) is 8.11. The summed E-state index contributed by atoms with van der Waals surface area (Å²) in [5, 5.41) is 2.66. The molecular formula is C22H31N3O5. The first-order chi connectivity index (χ1) is 14.2. The molecule has 8 nitrogen and oxygen atoms in total. The number of carbonyl (C=O) groups is 4. The highest BCUT2D eigenvalue weighted by molar-refractivity contribution is 6.10. The molecule has 2 atom stereocenters. The number of hydrogen-bond acceptors (Lipinski definition) is 5. The number of hydrogen-bond donors (Lipinski definition) is 2. The summed E-state index contributed by atoms with van der Waals surface area (Å²) in [6, 6.07) is 8.01. The molecule has 1 aliphatic heterocycles. The van der Waals surface area contributed by atoms with Crippen molar-refractivity contribution in [3.63, 3.8) is 0 Å². The number of rotatable bonds is 11. The van der Waals surface area contributed by atoms with Gasteiger partial charge in [0.15, 0.2) is 0 Å². The third kappa shape index (κ3) is 5.44. The molecule has 3 N–H and O–H groups in total. The number of benzene rings is 1. The fraction of sp³-hybridized carbons (Fsp3) is 0.545. The largest absolute Gasteiger partial charge is 0.385 e. The van der Waals surface area contributed by atoms with Gasteiger partial charge in [-0.15, -0.1) is 0 Å². The predicted octanol–water partition coefficient (Wildman–Crippen LogP) is 1.13. The second-order valence-corrected chi connectivity index (χ2v) is 8.15. The van der Waals surface area contributed by atoms with E-state index < -0.39 is 29.2 Å². The molecule has 8 heteroatoms. The van der Waals surface area contributed by atoms with E-state index in [2.05, 4.69) is 5.32 Å². The molecule has 30 heavy (non-hydrogen) atoms. The lowest BCUT2D eigenvalue weighted by Gasteiger charge is -2.28. The molecule has 0 spiro atoms. The third-order valence-corrected chi connectivity index (χ3v) is 5.31. The molecule has 1 fully saturated rings. The molecule has 0 aromatic heterocycles. The lowest BCUT2D eigenvalue weighted by molar-refractivity contribution is -0.141. The van der Waals surface area contributed by atoms with Crippen LogP contribution in [0.25, 0.3) is 0 Å². The lowest BCUT2D eigenvalue weighted by atomic mass is 9.75. The van der Waals surface area contributed by atoms with E-state index in [9.17, 15) is 19.2 Å². The van der Waals surface area contributed by atoms with Gasteiger partial charge in [0, 0.05) is 33.1 Å². The van der Waals surface area contributed by atoms with E-state index in [1.54, 1.807) is 37.4 Å². The summed E-state index contributed by atoms with van der Waals surface area (Å²) in [6.45, 7) is 4.50. The molecule has 0 aliphatic carbocycles. The van der Waals surface area contributed by atoms with Crippen molar-refractivity contribution in [3.8, 4) is 0 Å². The zero-order chi connectivity index (χ0) is 22.3. The highest BCUT2D eigenvalue weighted by atomic mass is 16.5. The van der Waals surface area contributed by atoms with E-state index in [0.717, 1.165) is 0 Å². The van der Waals surface area contributed by atoms with Crippen molar-refractivity contribution >= 4 is 23.6 Å². The van der Waals surface area contributed by atoms with Crippen LogP contribution in [0.15, 0.2) is 30.3 Å². The van der Waals surface area contributed by atoms with Gasteiger partial charge in [-0.1, -0.05) is 44.2 Å². The molecule has 1 saturated heterocycles. The van der Waals surface area contributed by atoms with Crippen LogP contribution in [0.4, 0.5) is 0 Å².